The third kappa shape index (κ3) is 3.61. The van der Waals surface area contributed by atoms with Gasteiger partial charge in [-0.15, -0.1) is 0 Å². The first kappa shape index (κ1) is 11.5. The Balaban J connectivity index is 2.84. The third-order valence-electron chi connectivity index (χ3n) is 1.63. The fourth-order valence-electron chi connectivity index (χ4n) is 0.948. The van der Waals surface area contributed by atoms with Crippen LogP contribution in [0.15, 0.2) is 12.1 Å². The van der Waals surface area contributed by atoms with Crippen molar-refractivity contribution in [2.75, 3.05) is 6.61 Å². The van der Waals surface area contributed by atoms with Crippen molar-refractivity contribution in [2.24, 2.45) is 0 Å². The van der Waals surface area contributed by atoms with Crippen LogP contribution in [-0.2, 0) is 9.53 Å². The number of rotatable bonds is 1. The van der Waals surface area contributed by atoms with Gasteiger partial charge in [0.05, 0.1) is 12.3 Å². The van der Waals surface area contributed by atoms with E-state index in [1.165, 1.54) is 0 Å². The zero-order chi connectivity index (χ0) is 11.3. The van der Waals surface area contributed by atoms with Crippen molar-refractivity contribution < 1.29 is 9.53 Å². The number of esters is 1. The normalized spacial score (nSPS) is 9.00. The minimum atomic E-state index is -0.535. The molecule has 1 aromatic heterocycles. The monoisotopic (exact) mass is 223 g/mol. The number of nitrogens with zero attached hydrogens (tertiary/aromatic N) is 1. The van der Waals surface area contributed by atoms with Gasteiger partial charge in [0.15, 0.2) is 0 Å². The average molecular weight is 224 g/mol. The zero-order valence-corrected chi connectivity index (χ0v) is 9.26. The maximum absolute atomic E-state index is 11.0. The zero-order valence-electron chi connectivity index (χ0n) is 8.50. The van der Waals surface area contributed by atoms with Gasteiger partial charge in [-0.05, 0) is 26.0 Å². The van der Waals surface area contributed by atoms with E-state index >= 15 is 0 Å². The van der Waals surface area contributed by atoms with E-state index in [2.05, 4.69) is 21.6 Å². The van der Waals surface area contributed by atoms with Crippen LogP contribution < -0.4 is 0 Å². The van der Waals surface area contributed by atoms with Gasteiger partial charge in [-0.1, -0.05) is 17.5 Å². The number of carbonyl (C=O) groups excluding carboxylic acids is 1. The summed E-state index contributed by atoms with van der Waals surface area (Å²) < 4.78 is 4.67. The predicted molar refractivity (Wildman–Crippen MR) is 57.5 cm³/mol. The molecular formula is C11H10ClNO2. The molecule has 0 spiro atoms. The Bertz CT molecular complexity index is 432. The molecule has 1 heterocycles. The standard InChI is InChI=1S/C11H10ClNO2/c1-3-15-11(14)7-5-9-4-6-10(12)13-8(9)2/h4,6H,3H2,1-2H3. The van der Waals surface area contributed by atoms with Crippen LogP contribution in [0.2, 0.25) is 5.15 Å². The number of ether oxygens (including phenoxy) is 1. The van der Waals surface area contributed by atoms with Gasteiger partial charge >= 0.3 is 5.97 Å². The van der Waals surface area contributed by atoms with Gasteiger partial charge < -0.3 is 4.74 Å². The molecule has 4 heteroatoms. The maximum Gasteiger partial charge on any atom is 0.384 e. The van der Waals surface area contributed by atoms with Crippen LogP contribution in [0.3, 0.4) is 0 Å². The minimum absolute atomic E-state index is 0.325. The van der Waals surface area contributed by atoms with Crippen LogP contribution in [0.4, 0.5) is 0 Å². The summed E-state index contributed by atoms with van der Waals surface area (Å²) in [6.45, 7) is 3.83. The molecule has 3 nitrogen and oxygen atoms in total. The van der Waals surface area contributed by atoms with E-state index in [0.717, 1.165) is 0 Å². The molecule has 0 aliphatic rings. The van der Waals surface area contributed by atoms with Gasteiger partial charge in [0.25, 0.3) is 0 Å². The summed E-state index contributed by atoms with van der Waals surface area (Å²) in [5, 5.41) is 0.411. The number of aromatic nitrogens is 1. The first-order valence-corrected chi connectivity index (χ1v) is 4.83. The van der Waals surface area contributed by atoms with Crippen molar-refractivity contribution in [3.05, 3.63) is 28.5 Å². The van der Waals surface area contributed by atoms with E-state index in [-0.39, 0.29) is 0 Å². The lowest BCUT2D eigenvalue weighted by Crippen LogP contribution is -1.99. The number of pyridine rings is 1. The van der Waals surface area contributed by atoms with E-state index in [1.807, 2.05) is 0 Å². The fourth-order valence-corrected chi connectivity index (χ4v) is 1.14. The molecule has 1 rings (SSSR count). The molecular weight excluding hydrogens is 214 g/mol. The lowest BCUT2D eigenvalue weighted by atomic mass is 10.2. The maximum atomic E-state index is 11.0. The Labute approximate surface area is 93.4 Å². The number of hydrogen-bond donors (Lipinski definition) is 0. The summed E-state index contributed by atoms with van der Waals surface area (Å²) in [5.41, 5.74) is 1.37. The second-order valence-corrected chi connectivity index (χ2v) is 3.12. The second kappa shape index (κ2) is 5.38. The molecule has 0 aliphatic carbocycles. The van der Waals surface area contributed by atoms with Gasteiger partial charge in [-0.25, -0.2) is 9.78 Å². The van der Waals surface area contributed by atoms with Crippen LogP contribution in [0.1, 0.15) is 18.2 Å². The van der Waals surface area contributed by atoms with E-state index in [1.54, 1.807) is 26.0 Å². The molecule has 0 radical (unpaired) electrons. The average Bonchev–Trinajstić information content (AvgIpc) is 2.17. The summed E-state index contributed by atoms with van der Waals surface area (Å²) in [6.07, 6.45) is 0. The summed E-state index contributed by atoms with van der Waals surface area (Å²) in [5.74, 6) is 4.51. The second-order valence-electron chi connectivity index (χ2n) is 2.74. The Morgan fingerprint density at radius 3 is 2.93 bits per heavy atom. The van der Waals surface area contributed by atoms with Crippen molar-refractivity contribution in [2.45, 2.75) is 13.8 Å². The third-order valence-corrected chi connectivity index (χ3v) is 1.84. The molecule has 0 amide bonds. The summed E-state index contributed by atoms with van der Waals surface area (Å²) in [6, 6.07) is 3.35. The van der Waals surface area contributed by atoms with Gasteiger partial charge in [-0.2, -0.15) is 0 Å². The van der Waals surface area contributed by atoms with Crippen LogP contribution >= 0.6 is 11.6 Å². The molecule has 0 N–H and O–H groups in total. The summed E-state index contributed by atoms with van der Waals surface area (Å²) in [7, 11) is 0. The van der Waals surface area contributed by atoms with E-state index in [0.29, 0.717) is 23.0 Å². The molecule has 0 saturated carbocycles. The van der Waals surface area contributed by atoms with E-state index < -0.39 is 5.97 Å². The topological polar surface area (TPSA) is 39.2 Å². The molecule has 78 valence electrons. The molecule has 0 aromatic carbocycles. The van der Waals surface area contributed by atoms with Crippen molar-refractivity contribution >= 4 is 17.6 Å². The molecule has 0 saturated heterocycles. The van der Waals surface area contributed by atoms with E-state index in [9.17, 15) is 4.79 Å². The summed E-state index contributed by atoms with van der Waals surface area (Å²) in [4.78, 5) is 15.0. The number of aryl methyl sites for hydroxylation is 1. The van der Waals surface area contributed by atoms with Gasteiger partial charge in [0.2, 0.25) is 0 Å². The van der Waals surface area contributed by atoms with Gasteiger partial charge in [-0.3, -0.25) is 0 Å². The Kier molecular flexibility index (Phi) is 4.14. The first-order valence-electron chi connectivity index (χ1n) is 4.45. The van der Waals surface area contributed by atoms with Crippen molar-refractivity contribution in [1.82, 2.24) is 4.98 Å². The fraction of sp³-hybridized carbons (Fsp3) is 0.273. The highest BCUT2D eigenvalue weighted by atomic mass is 35.5. The van der Waals surface area contributed by atoms with Crippen LogP contribution in [0, 0.1) is 18.8 Å². The Hall–Kier alpha value is -1.53. The van der Waals surface area contributed by atoms with Crippen LogP contribution in [0.5, 0.6) is 0 Å². The smallest absolute Gasteiger partial charge is 0.384 e. The highest BCUT2D eigenvalue weighted by molar-refractivity contribution is 6.29. The van der Waals surface area contributed by atoms with Crippen LogP contribution in [-0.4, -0.2) is 17.6 Å². The molecule has 15 heavy (non-hydrogen) atoms. The quantitative estimate of drug-likeness (QED) is 0.415. The number of hydrogen-bond acceptors (Lipinski definition) is 3. The number of halogens is 1. The largest absolute Gasteiger partial charge is 0.456 e. The van der Waals surface area contributed by atoms with Crippen LogP contribution in [0.25, 0.3) is 0 Å². The van der Waals surface area contributed by atoms with E-state index in [4.69, 9.17) is 11.6 Å². The Morgan fingerprint density at radius 1 is 1.60 bits per heavy atom. The Morgan fingerprint density at radius 2 is 2.33 bits per heavy atom. The molecule has 0 atom stereocenters. The first-order chi connectivity index (χ1) is 7.13. The lowest BCUT2D eigenvalue weighted by Gasteiger charge is -1.96. The minimum Gasteiger partial charge on any atom is -0.456 e. The SMILES string of the molecule is CCOC(=O)C#Cc1ccc(Cl)nc1C. The predicted octanol–water partition coefficient (Wildman–Crippen LogP) is 1.96. The summed E-state index contributed by atoms with van der Waals surface area (Å²) >= 11 is 5.68. The lowest BCUT2D eigenvalue weighted by molar-refractivity contribution is -0.136. The molecule has 0 bridgehead atoms. The van der Waals surface area contributed by atoms with Crippen molar-refractivity contribution in [1.29, 1.82) is 0 Å². The van der Waals surface area contributed by atoms with Crippen molar-refractivity contribution in [3.8, 4) is 11.8 Å². The number of carbonyl (C=O) groups is 1. The van der Waals surface area contributed by atoms with Gasteiger partial charge in [0.1, 0.15) is 5.15 Å². The highest BCUT2D eigenvalue weighted by Crippen LogP contribution is 2.09. The molecule has 1 aromatic rings. The molecule has 0 aliphatic heterocycles. The highest BCUT2D eigenvalue weighted by Gasteiger charge is 1.98. The molecule has 0 unspecified atom stereocenters. The molecule has 0 fully saturated rings. The van der Waals surface area contributed by atoms with Gasteiger partial charge in [0, 0.05) is 11.5 Å². The van der Waals surface area contributed by atoms with Crippen molar-refractivity contribution in [3.63, 3.8) is 0 Å².